The van der Waals surface area contributed by atoms with Crippen molar-refractivity contribution < 1.29 is 9.53 Å². The van der Waals surface area contributed by atoms with E-state index in [0.717, 1.165) is 50.2 Å². The third kappa shape index (κ3) is 7.06. The Hall–Kier alpha value is -2.59. The number of nitrogens with one attached hydrogen (secondary N) is 1. The molecule has 2 aromatic carbocycles. The Labute approximate surface area is 174 Å². The van der Waals surface area contributed by atoms with Crippen molar-refractivity contribution in [3.63, 3.8) is 0 Å². The summed E-state index contributed by atoms with van der Waals surface area (Å²) in [4.78, 5) is 14.8. The van der Waals surface area contributed by atoms with Gasteiger partial charge >= 0.3 is 0 Å². The summed E-state index contributed by atoms with van der Waals surface area (Å²) in [6, 6.07) is 18.5. The maximum atomic E-state index is 12.4. The average molecular weight is 393 g/mol. The van der Waals surface area contributed by atoms with E-state index in [-0.39, 0.29) is 18.6 Å². The third-order valence-electron chi connectivity index (χ3n) is 5.28. The molecule has 29 heavy (non-hydrogen) atoms. The van der Waals surface area contributed by atoms with Crippen LogP contribution in [0.5, 0.6) is 5.75 Å². The van der Waals surface area contributed by atoms with Crippen LogP contribution in [0.2, 0.25) is 0 Å². The minimum atomic E-state index is -0.0396. The maximum Gasteiger partial charge on any atom is 0.258 e. The first-order valence-corrected chi connectivity index (χ1v) is 10.5. The Morgan fingerprint density at radius 2 is 1.76 bits per heavy atom. The van der Waals surface area contributed by atoms with E-state index in [9.17, 15) is 4.79 Å². The Bertz CT molecular complexity index is 805. The number of ether oxygens (including phenoxy) is 1. The largest absolute Gasteiger partial charge is 0.483 e. The van der Waals surface area contributed by atoms with E-state index < -0.39 is 0 Å². The van der Waals surface area contributed by atoms with Crippen molar-refractivity contribution in [3.05, 3.63) is 77.4 Å². The van der Waals surface area contributed by atoms with E-state index >= 15 is 0 Å². The fourth-order valence-electron chi connectivity index (χ4n) is 3.59. The molecule has 4 nitrogen and oxygen atoms in total. The van der Waals surface area contributed by atoms with Gasteiger partial charge in [0.25, 0.3) is 5.91 Å². The van der Waals surface area contributed by atoms with Crippen LogP contribution in [0.1, 0.15) is 37.8 Å². The van der Waals surface area contributed by atoms with E-state index in [4.69, 9.17) is 4.74 Å². The molecule has 1 fully saturated rings. The average Bonchev–Trinajstić information content (AvgIpc) is 2.73. The second-order valence-electron chi connectivity index (χ2n) is 7.98. The van der Waals surface area contributed by atoms with E-state index in [1.165, 1.54) is 11.1 Å². The van der Waals surface area contributed by atoms with Gasteiger partial charge in [-0.25, -0.2) is 0 Å². The molecule has 154 valence electrons. The highest BCUT2D eigenvalue weighted by molar-refractivity contribution is 5.77. The third-order valence-corrected chi connectivity index (χ3v) is 5.28. The lowest BCUT2D eigenvalue weighted by molar-refractivity contribution is -0.124. The lowest BCUT2D eigenvalue weighted by Crippen LogP contribution is -2.45. The molecule has 0 bridgehead atoms. The van der Waals surface area contributed by atoms with Gasteiger partial charge < -0.3 is 10.1 Å². The Morgan fingerprint density at radius 1 is 1.07 bits per heavy atom. The Morgan fingerprint density at radius 3 is 2.48 bits per heavy atom. The molecule has 0 spiro atoms. The number of carbonyl (C=O) groups is 1. The van der Waals surface area contributed by atoms with Gasteiger partial charge in [0, 0.05) is 32.1 Å². The summed E-state index contributed by atoms with van der Waals surface area (Å²) in [7, 11) is 0. The van der Waals surface area contributed by atoms with Crippen LogP contribution in [0.25, 0.3) is 0 Å². The number of rotatable bonds is 8. The number of hydrogen-bond acceptors (Lipinski definition) is 3. The number of nitrogens with zero attached hydrogens (tertiary/aromatic N) is 1. The van der Waals surface area contributed by atoms with Crippen LogP contribution in [0.3, 0.4) is 0 Å². The Balaban J connectivity index is 1.45. The predicted octanol–water partition coefficient (Wildman–Crippen LogP) is 4.20. The molecule has 1 aliphatic heterocycles. The van der Waals surface area contributed by atoms with Gasteiger partial charge in [-0.2, -0.15) is 0 Å². The second-order valence-corrected chi connectivity index (χ2v) is 7.98. The summed E-state index contributed by atoms with van der Waals surface area (Å²) in [5, 5.41) is 3.14. The number of likely N-dealkylation sites (tertiary alicyclic amines) is 1. The first-order valence-electron chi connectivity index (χ1n) is 10.5. The number of amides is 1. The monoisotopic (exact) mass is 392 g/mol. The van der Waals surface area contributed by atoms with Crippen molar-refractivity contribution in [2.75, 3.05) is 26.2 Å². The van der Waals surface area contributed by atoms with Gasteiger partial charge in [-0.3, -0.25) is 9.69 Å². The summed E-state index contributed by atoms with van der Waals surface area (Å²) >= 11 is 0. The fourth-order valence-corrected chi connectivity index (χ4v) is 3.59. The van der Waals surface area contributed by atoms with Crippen LogP contribution in [0, 0.1) is 0 Å². The fraction of sp³-hybridized carbons (Fsp3) is 0.400. The highest BCUT2D eigenvalue weighted by Gasteiger charge is 2.20. The predicted molar refractivity (Wildman–Crippen MR) is 118 cm³/mol. The molecule has 0 aromatic heterocycles. The van der Waals surface area contributed by atoms with Crippen molar-refractivity contribution in [1.82, 2.24) is 10.2 Å². The minimum Gasteiger partial charge on any atom is -0.483 e. The number of piperidine rings is 1. The number of allylic oxidation sites excluding steroid dienone is 1. The molecule has 1 N–H and O–H groups in total. The highest BCUT2D eigenvalue weighted by atomic mass is 16.5. The van der Waals surface area contributed by atoms with E-state index in [2.05, 4.69) is 48.3 Å². The quantitative estimate of drug-likeness (QED) is 0.685. The molecule has 0 aliphatic carbocycles. The van der Waals surface area contributed by atoms with Crippen LogP contribution >= 0.6 is 0 Å². The summed E-state index contributed by atoms with van der Waals surface area (Å²) in [5.74, 6) is 0.741. The van der Waals surface area contributed by atoms with Crippen molar-refractivity contribution in [3.8, 4) is 5.75 Å². The molecular weight excluding hydrogens is 360 g/mol. The van der Waals surface area contributed by atoms with Crippen LogP contribution in [-0.2, 0) is 11.2 Å². The van der Waals surface area contributed by atoms with Crippen LogP contribution < -0.4 is 10.1 Å². The summed E-state index contributed by atoms with van der Waals surface area (Å²) < 4.78 is 5.87. The van der Waals surface area contributed by atoms with Gasteiger partial charge in [0.15, 0.2) is 6.61 Å². The van der Waals surface area contributed by atoms with Gasteiger partial charge in [0.1, 0.15) is 5.75 Å². The topological polar surface area (TPSA) is 41.6 Å². The number of carbonyl (C=O) groups excluding carboxylic acids is 1. The molecule has 0 saturated carbocycles. The lowest BCUT2D eigenvalue weighted by Gasteiger charge is -2.31. The lowest BCUT2D eigenvalue weighted by atomic mass is 10.0. The molecule has 4 heteroatoms. The normalized spacial score (nSPS) is 15.0. The van der Waals surface area contributed by atoms with Gasteiger partial charge in [-0.05, 0) is 43.9 Å². The minimum absolute atomic E-state index is 0.0396. The zero-order chi connectivity index (χ0) is 20.5. The van der Waals surface area contributed by atoms with Gasteiger partial charge in [0.05, 0.1) is 0 Å². The molecule has 1 saturated heterocycles. The number of para-hydroxylation sites is 1. The molecule has 1 amide bonds. The number of hydrogen-bond donors (Lipinski definition) is 1. The SMILES string of the molecule is CC(C)=CCN1CCC(NC(=O)COc2ccccc2Cc2ccccc2)CC1. The summed E-state index contributed by atoms with van der Waals surface area (Å²) in [5.41, 5.74) is 3.68. The standard InChI is InChI=1S/C25H32N2O2/c1-20(2)12-15-27-16-13-23(14-17-27)26-25(28)19-29-24-11-7-6-10-22(24)18-21-8-4-3-5-9-21/h3-12,23H,13-19H2,1-2H3,(H,26,28). The van der Waals surface area contributed by atoms with Gasteiger partial charge in [-0.1, -0.05) is 60.2 Å². The van der Waals surface area contributed by atoms with E-state index in [1.54, 1.807) is 0 Å². The first-order chi connectivity index (χ1) is 14.1. The highest BCUT2D eigenvalue weighted by Crippen LogP contribution is 2.21. The second kappa shape index (κ2) is 10.8. The van der Waals surface area contributed by atoms with E-state index in [1.807, 2.05) is 36.4 Å². The molecule has 0 unspecified atom stereocenters. The first kappa shape index (κ1) is 21.1. The van der Waals surface area contributed by atoms with E-state index in [0.29, 0.717) is 0 Å². The Kier molecular flexibility index (Phi) is 7.88. The summed E-state index contributed by atoms with van der Waals surface area (Å²) in [6.45, 7) is 7.37. The van der Waals surface area contributed by atoms with Crippen LogP contribution in [0.4, 0.5) is 0 Å². The zero-order valence-electron chi connectivity index (χ0n) is 17.6. The van der Waals surface area contributed by atoms with Crippen molar-refractivity contribution in [2.45, 2.75) is 39.2 Å². The van der Waals surface area contributed by atoms with Crippen LogP contribution in [0.15, 0.2) is 66.2 Å². The molecule has 1 aliphatic rings. The smallest absolute Gasteiger partial charge is 0.258 e. The maximum absolute atomic E-state index is 12.4. The molecule has 2 aromatic rings. The zero-order valence-corrected chi connectivity index (χ0v) is 17.6. The molecule has 1 heterocycles. The molecule has 0 atom stereocenters. The van der Waals surface area contributed by atoms with Crippen molar-refractivity contribution >= 4 is 5.91 Å². The molecule has 0 radical (unpaired) electrons. The van der Waals surface area contributed by atoms with Crippen LogP contribution in [-0.4, -0.2) is 43.1 Å². The molecule has 3 rings (SSSR count). The van der Waals surface area contributed by atoms with Crippen molar-refractivity contribution in [2.24, 2.45) is 0 Å². The molecular formula is C25H32N2O2. The summed E-state index contributed by atoms with van der Waals surface area (Å²) in [6.07, 6.45) is 5.04. The van der Waals surface area contributed by atoms with Gasteiger partial charge in [0.2, 0.25) is 0 Å². The van der Waals surface area contributed by atoms with Crippen molar-refractivity contribution in [1.29, 1.82) is 0 Å². The number of benzene rings is 2. The van der Waals surface area contributed by atoms with Gasteiger partial charge in [-0.15, -0.1) is 0 Å².